The second kappa shape index (κ2) is 5.69. The number of rotatable bonds is 4. The molecule has 1 heterocycles. The fourth-order valence-corrected chi connectivity index (χ4v) is 2.27. The van der Waals surface area contributed by atoms with E-state index in [1.165, 1.54) is 0 Å². The molecule has 0 radical (unpaired) electrons. The Morgan fingerprint density at radius 1 is 1.56 bits per heavy atom. The zero-order valence-electron chi connectivity index (χ0n) is 11.8. The van der Waals surface area contributed by atoms with Gasteiger partial charge in [-0.1, -0.05) is 20.8 Å². The van der Waals surface area contributed by atoms with Crippen LogP contribution in [0.1, 0.15) is 33.6 Å². The average molecular weight is 255 g/mol. The predicted octanol–water partition coefficient (Wildman–Crippen LogP) is 0.344. The summed E-state index contributed by atoms with van der Waals surface area (Å²) in [4.78, 5) is 25.5. The number of likely N-dealkylation sites (tertiary alicyclic amines) is 1. The zero-order chi connectivity index (χ0) is 13.9. The van der Waals surface area contributed by atoms with Crippen LogP contribution < -0.4 is 11.1 Å². The van der Waals surface area contributed by atoms with Gasteiger partial charge in [0.1, 0.15) is 6.04 Å². The number of hydrogen-bond acceptors (Lipinski definition) is 3. The molecule has 2 unspecified atom stereocenters. The van der Waals surface area contributed by atoms with Gasteiger partial charge in [-0.2, -0.15) is 0 Å². The summed E-state index contributed by atoms with van der Waals surface area (Å²) in [6, 6.07) is -0.364. The number of carbonyl (C=O) groups is 2. The summed E-state index contributed by atoms with van der Waals surface area (Å²) in [6.07, 6.45) is 1.42. The van der Waals surface area contributed by atoms with E-state index in [2.05, 4.69) is 26.1 Å². The van der Waals surface area contributed by atoms with Crippen molar-refractivity contribution in [1.29, 1.82) is 0 Å². The first-order valence-electron chi connectivity index (χ1n) is 6.50. The van der Waals surface area contributed by atoms with Gasteiger partial charge in [0.15, 0.2) is 0 Å². The molecule has 1 aliphatic heterocycles. The fourth-order valence-electron chi connectivity index (χ4n) is 2.27. The van der Waals surface area contributed by atoms with Gasteiger partial charge in [0, 0.05) is 20.1 Å². The third kappa shape index (κ3) is 3.98. The Kier molecular flexibility index (Phi) is 4.73. The molecule has 0 aromatic heterocycles. The van der Waals surface area contributed by atoms with Crippen molar-refractivity contribution >= 4 is 11.8 Å². The maximum atomic E-state index is 12.1. The molecule has 2 atom stereocenters. The molecule has 5 nitrogen and oxygen atoms in total. The number of nitrogens with one attached hydrogen (secondary N) is 1. The van der Waals surface area contributed by atoms with E-state index in [0.29, 0.717) is 19.5 Å². The molecule has 2 amide bonds. The quantitative estimate of drug-likeness (QED) is 0.761. The number of hydrogen-bond donors (Lipinski definition) is 2. The molecule has 0 saturated carbocycles. The van der Waals surface area contributed by atoms with Gasteiger partial charge in [0.05, 0.1) is 5.92 Å². The topological polar surface area (TPSA) is 75.4 Å². The van der Waals surface area contributed by atoms with Crippen molar-refractivity contribution in [3.05, 3.63) is 0 Å². The van der Waals surface area contributed by atoms with Gasteiger partial charge in [-0.25, -0.2) is 0 Å². The van der Waals surface area contributed by atoms with E-state index in [9.17, 15) is 9.59 Å². The molecule has 0 aromatic rings. The van der Waals surface area contributed by atoms with Crippen LogP contribution in [0.2, 0.25) is 0 Å². The van der Waals surface area contributed by atoms with Crippen molar-refractivity contribution in [3.8, 4) is 0 Å². The van der Waals surface area contributed by atoms with Crippen molar-refractivity contribution in [2.24, 2.45) is 17.1 Å². The molecule has 18 heavy (non-hydrogen) atoms. The Morgan fingerprint density at radius 3 is 2.56 bits per heavy atom. The van der Waals surface area contributed by atoms with Crippen molar-refractivity contribution in [2.45, 2.75) is 39.7 Å². The van der Waals surface area contributed by atoms with E-state index in [4.69, 9.17) is 5.73 Å². The van der Waals surface area contributed by atoms with Crippen LogP contribution in [-0.2, 0) is 9.59 Å². The monoisotopic (exact) mass is 255 g/mol. The Hall–Kier alpha value is -1.10. The summed E-state index contributed by atoms with van der Waals surface area (Å²) in [5.41, 5.74) is 5.71. The predicted molar refractivity (Wildman–Crippen MR) is 70.8 cm³/mol. The molecule has 1 saturated heterocycles. The molecule has 0 aromatic carbocycles. The largest absolute Gasteiger partial charge is 0.344 e. The number of likely N-dealkylation sites (N-methyl/N-ethyl adjacent to an activating group) is 1. The highest BCUT2D eigenvalue weighted by Crippen LogP contribution is 2.24. The summed E-state index contributed by atoms with van der Waals surface area (Å²) in [5, 5.41) is 2.82. The lowest BCUT2D eigenvalue weighted by Crippen LogP contribution is -2.45. The lowest BCUT2D eigenvalue weighted by Gasteiger charge is -2.25. The third-order valence-corrected chi connectivity index (χ3v) is 3.26. The van der Waals surface area contributed by atoms with Crippen molar-refractivity contribution in [2.75, 3.05) is 20.1 Å². The van der Waals surface area contributed by atoms with Gasteiger partial charge in [-0.3, -0.25) is 9.59 Å². The molecule has 0 bridgehead atoms. The van der Waals surface area contributed by atoms with Crippen molar-refractivity contribution in [3.63, 3.8) is 0 Å². The normalized spacial score (nSPS) is 22.2. The molecular formula is C13H25N3O2. The van der Waals surface area contributed by atoms with Crippen LogP contribution in [0.15, 0.2) is 0 Å². The number of carbonyl (C=O) groups excluding carboxylic acids is 2. The van der Waals surface area contributed by atoms with Gasteiger partial charge in [-0.15, -0.1) is 0 Å². The SMILES string of the molecule is CN1CCC(NC(=O)C(CN)CC(C)(C)C)C1=O. The van der Waals surface area contributed by atoms with Crippen LogP contribution in [-0.4, -0.2) is 42.9 Å². The van der Waals surface area contributed by atoms with Crippen molar-refractivity contribution < 1.29 is 9.59 Å². The summed E-state index contributed by atoms with van der Waals surface area (Å²) in [7, 11) is 1.75. The van der Waals surface area contributed by atoms with Gasteiger partial charge >= 0.3 is 0 Å². The maximum Gasteiger partial charge on any atom is 0.244 e. The first-order chi connectivity index (χ1) is 8.24. The molecule has 0 spiro atoms. The van der Waals surface area contributed by atoms with E-state index in [1.807, 2.05) is 0 Å². The summed E-state index contributed by atoms with van der Waals surface area (Å²) >= 11 is 0. The smallest absolute Gasteiger partial charge is 0.244 e. The highest BCUT2D eigenvalue weighted by atomic mass is 16.2. The molecule has 104 valence electrons. The minimum Gasteiger partial charge on any atom is -0.344 e. The van der Waals surface area contributed by atoms with Gasteiger partial charge in [0.2, 0.25) is 11.8 Å². The zero-order valence-corrected chi connectivity index (χ0v) is 11.8. The van der Waals surface area contributed by atoms with Gasteiger partial charge in [0.25, 0.3) is 0 Å². The average Bonchev–Trinajstić information content (AvgIpc) is 2.56. The first-order valence-corrected chi connectivity index (χ1v) is 6.50. The number of nitrogens with zero attached hydrogens (tertiary/aromatic N) is 1. The summed E-state index contributed by atoms with van der Waals surface area (Å²) in [6.45, 7) is 7.27. The maximum absolute atomic E-state index is 12.1. The van der Waals surface area contributed by atoms with E-state index in [1.54, 1.807) is 11.9 Å². The Bertz CT molecular complexity index is 323. The first kappa shape index (κ1) is 15.0. The molecule has 5 heteroatoms. The standard InChI is InChI=1S/C13H25N3O2/c1-13(2,3)7-9(8-14)11(17)15-10-5-6-16(4)12(10)18/h9-10H,5-8,14H2,1-4H3,(H,15,17). The number of amides is 2. The molecule has 1 rings (SSSR count). The summed E-state index contributed by atoms with van der Waals surface area (Å²) in [5.74, 6) is -0.320. The molecule has 3 N–H and O–H groups in total. The van der Waals surface area contributed by atoms with Gasteiger partial charge < -0.3 is 16.0 Å². The second-order valence-electron chi connectivity index (χ2n) is 6.31. The molecule has 0 aliphatic carbocycles. The second-order valence-corrected chi connectivity index (χ2v) is 6.31. The van der Waals surface area contributed by atoms with E-state index < -0.39 is 0 Å². The Labute approximate surface area is 109 Å². The number of nitrogens with two attached hydrogens (primary N) is 1. The van der Waals surface area contributed by atoms with Crippen LogP contribution in [0.25, 0.3) is 0 Å². The van der Waals surface area contributed by atoms with E-state index in [-0.39, 0.29) is 29.2 Å². The minimum atomic E-state index is -0.364. The van der Waals surface area contributed by atoms with Crippen molar-refractivity contribution in [1.82, 2.24) is 10.2 Å². The van der Waals surface area contributed by atoms with Crippen LogP contribution in [0, 0.1) is 11.3 Å². The highest BCUT2D eigenvalue weighted by molar-refractivity contribution is 5.89. The van der Waals surface area contributed by atoms with Crippen LogP contribution in [0.4, 0.5) is 0 Å². The van der Waals surface area contributed by atoms with E-state index >= 15 is 0 Å². The lowest BCUT2D eigenvalue weighted by molar-refractivity contribution is -0.133. The van der Waals surface area contributed by atoms with E-state index in [0.717, 1.165) is 6.42 Å². The third-order valence-electron chi connectivity index (χ3n) is 3.26. The fraction of sp³-hybridized carbons (Fsp3) is 0.846. The van der Waals surface area contributed by atoms with Crippen LogP contribution >= 0.6 is 0 Å². The molecular weight excluding hydrogens is 230 g/mol. The van der Waals surface area contributed by atoms with Crippen LogP contribution in [0.5, 0.6) is 0 Å². The highest BCUT2D eigenvalue weighted by Gasteiger charge is 2.32. The summed E-state index contributed by atoms with van der Waals surface area (Å²) < 4.78 is 0. The Balaban J connectivity index is 2.55. The Morgan fingerprint density at radius 2 is 2.17 bits per heavy atom. The van der Waals surface area contributed by atoms with Crippen LogP contribution in [0.3, 0.4) is 0 Å². The van der Waals surface area contributed by atoms with Gasteiger partial charge in [-0.05, 0) is 18.3 Å². The lowest BCUT2D eigenvalue weighted by atomic mass is 9.84. The molecule has 1 aliphatic rings. The molecule has 1 fully saturated rings. The minimum absolute atomic E-state index is 0.00474.